The van der Waals surface area contributed by atoms with E-state index < -0.39 is 12.2 Å². The van der Waals surface area contributed by atoms with E-state index in [1.54, 1.807) is 6.07 Å². The molecule has 1 aliphatic rings. The standard InChI is InChI=1S/C20H30ClNO4/c1-2-6-20(25)22-11-5-3-4-7-15-13-16(21)8-9-19(15)26-14-18(24)17(23)10-12-22/h8-9,13,17-18,23-24H,2-7,10-12,14H2,1H3/t17-,18+/m0/s1. The fourth-order valence-electron chi connectivity index (χ4n) is 3.18. The lowest BCUT2D eigenvalue weighted by Crippen LogP contribution is -2.38. The molecule has 0 saturated heterocycles. The summed E-state index contributed by atoms with van der Waals surface area (Å²) in [5.74, 6) is 0.826. The molecule has 0 radical (unpaired) electrons. The summed E-state index contributed by atoms with van der Waals surface area (Å²) >= 11 is 6.10. The number of aliphatic hydroxyl groups is 2. The van der Waals surface area contributed by atoms with Crippen LogP contribution in [0.1, 0.15) is 51.0 Å². The van der Waals surface area contributed by atoms with E-state index in [-0.39, 0.29) is 12.5 Å². The molecule has 1 aromatic carbocycles. The molecule has 146 valence electrons. The largest absolute Gasteiger partial charge is 0.491 e. The highest BCUT2D eigenvalue weighted by Crippen LogP contribution is 2.25. The van der Waals surface area contributed by atoms with Crippen molar-refractivity contribution in [3.8, 4) is 5.75 Å². The van der Waals surface area contributed by atoms with Gasteiger partial charge in [0.25, 0.3) is 0 Å². The molecule has 26 heavy (non-hydrogen) atoms. The zero-order chi connectivity index (χ0) is 18.9. The Morgan fingerprint density at radius 1 is 1.23 bits per heavy atom. The van der Waals surface area contributed by atoms with Gasteiger partial charge in [0.15, 0.2) is 0 Å². The summed E-state index contributed by atoms with van der Waals surface area (Å²) < 4.78 is 5.73. The molecule has 2 atom stereocenters. The molecule has 0 unspecified atom stereocenters. The van der Waals surface area contributed by atoms with Crippen molar-refractivity contribution in [2.45, 2.75) is 64.1 Å². The lowest BCUT2D eigenvalue weighted by molar-refractivity contribution is -0.132. The minimum Gasteiger partial charge on any atom is -0.491 e. The van der Waals surface area contributed by atoms with Gasteiger partial charge in [0.2, 0.25) is 5.91 Å². The number of rotatable bonds is 2. The van der Waals surface area contributed by atoms with Gasteiger partial charge in [-0.3, -0.25) is 4.79 Å². The molecule has 1 amide bonds. The van der Waals surface area contributed by atoms with Gasteiger partial charge in [-0.05, 0) is 55.9 Å². The first-order chi connectivity index (χ1) is 12.5. The molecule has 1 aliphatic heterocycles. The number of aliphatic hydroxyl groups excluding tert-OH is 2. The molecule has 0 saturated carbocycles. The first kappa shape index (κ1) is 21.0. The van der Waals surface area contributed by atoms with Crippen molar-refractivity contribution in [3.63, 3.8) is 0 Å². The van der Waals surface area contributed by atoms with Crippen molar-refractivity contribution in [2.75, 3.05) is 19.7 Å². The van der Waals surface area contributed by atoms with Crippen LogP contribution in [0.15, 0.2) is 18.2 Å². The molecule has 0 spiro atoms. The number of aryl methyl sites for hydroxylation is 1. The third-order valence-electron chi connectivity index (χ3n) is 4.76. The Bertz CT molecular complexity index is 581. The van der Waals surface area contributed by atoms with Crippen LogP contribution in [0.5, 0.6) is 5.75 Å². The number of halogens is 1. The highest BCUT2D eigenvalue weighted by atomic mass is 35.5. The lowest BCUT2D eigenvalue weighted by atomic mass is 10.0. The van der Waals surface area contributed by atoms with Crippen LogP contribution >= 0.6 is 11.6 Å². The average molecular weight is 384 g/mol. The number of fused-ring (bicyclic) bond motifs is 1. The van der Waals surface area contributed by atoms with E-state index in [1.807, 2.05) is 24.0 Å². The normalized spacial score (nSPS) is 22.8. The predicted molar refractivity (Wildman–Crippen MR) is 103 cm³/mol. The lowest BCUT2D eigenvalue weighted by Gasteiger charge is -2.26. The van der Waals surface area contributed by atoms with Gasteiger partial charge in [0.1, 0.15) is 18.5 Å². The second-order valence-electron chi connectivity index (χ2n) is 6.93. The van der Waals surface area contributed by atoms with Crippen LogP contribution in [-0.4, -0.2) is 52.9 Å². The minimum atomic E-state index is -0.996. The summed E-state index contributed by atoms with van der Waals surface area (Å²) in [6, 6.07) is 5.47. The van der Waals surface area contributed by atoms with Gasteiger partial charge in [-0.2, -0.15) is 0 Å². The van der Waals surface area contributed by atoms with Gasteiger partial charge >= 0.3 is 0 Å². The van der Waals surface area contributed by atoms with Crippen molar-refractivity contribution in [1.29, 1.82) is 0 Å². The van der Waals surface area contributed by atoms with Gasteiger partial charge in [-0.25, -0.2) is 0 Å². The van der Waals surface area contributed by atoms with Gasteiger partial charge < -0.3 is 19.8 Å². The molecule has 6 heteroatoms. The molecule has 5 nitrogen and oxygen atoms in total. The SMILES string of the molecule is CCCC(=O)N1CCCCCc2cc(Cl)ccc2OC[C@@H](O)[C@@H](O)CC1. The van der Waals surface area contributed by atoms with Crippen LogP contribution in [-0.2, 0) is 11.2 Å². The van der Waals surface area contributed by atoms with Crippen LogP contribution in [0, 0.1) is 0 Å². The van der Waals surface area contributed by atoms with Crippen LogP contribution in [0.25, 0.3) is 0 Å². The fraction of sp³-hybridized carbons (Fsp3) is 0.650. The summed E-state index contributed by atoms with van der Waals surface area (Å²) in [5.41, 5.74) is 1.01. The van der Waals surface area contributed by atoms with E-state index in [9.17, 15) is 15.0 Å². The van der Waals surface area contributed by atoms with E-state index >= 15 is 0 Å². The number of ether oxygens (including phenoxy) is 1. The van der Waals surface area contributed by atoms with Crippen molar-refractivity contribution in [1.82, 2.24) is 4.90 Å². The van der Waals surface area contributed by atoms with Crippen molar-refractivity contribution < 1.29 is 19.7 Å². The maximum absolute atomic E-state index is 12.3. The molecule has 1 heterocycles. The molecule has 0 bridgehead atoms. The summed E-state index contributed by atoms with van der Waals surface area (Å²) in [6.45, 7) is 3.16. The monoisotopic (exact) mass is 383 g/mol. The van der Waals surface area contributed by atoms with Crippen LogP contribution in [0.2, 0.25) is 5.02 Å². The minimum absolute atomic E-state index is 0.0126. The third-order valence-corrected chi connectivity index (χ3v) is 5.00. The van der Waals surface area contributed by atoms with Crippen LogP contribution < -0.4 is 4.74 Å². The van der Waals surface area contributed by atoms with Crippen molar-refractivity contribution in [3.05, 3.63) is 28.8 Å². The van der Waals surface area contributed by atoms with Crippen LogP contribution in [0.3, 0.4) is 0 Å². The highest BCUT2D eigenvalue weighted by molar-refractivity contribution is 6.30. The predicted octanol–water partition coefficient (Wildman–Crippen LogP) is 3.19. The Labute approximate surface area is 160 Å². The summed E-state index contributed by atoms with van der Waals surface area (Å²) in [6.07, 6.45) is 3.50. The fourth-order valence-corrected chi connectivity index (χ4v) is 3.37. The summed E-state index contributed by atoms with van der Waals surface area (Å²) in [7, 11) is 0. The Morgan fingerprint density at radius 3 is 2.81 bits per heavy atom. The first-order valence-corrected chi connectivity index (χ1v) is 9.94. The Kier molecular flexibility index (Phi) is 8.69. The number of carbonyl (C=O) groups is 1. The third kappa shape index (κ3) is 6.45. The summed E-state index contributed by atoms with van der Waals surface area (Å²) in [5, 5.41) is 21.1. The average Bonchev–Trinajstić information content (AvgIpc) is 2.62. The molecule has 2 N–H and O–H groups in total. The Morgan fingerprint density at radius 2 is 2.04 bits per heavy atom. The number of carbonyl (C=O) groups excluding carboxylic acids is 1. The second kappa shape index (κ2) is 10.8. The number of amides is 1. The molecule has 0 aliphatic carbocycles. The van der Waals surface area contributed by atoms with Gasteiger partial charge in [-0.1, -0.05) is 24.9 Å². The Hall–Kier alpha value is -1.30. The number of benzene rings is 1. The van der Waals surface area contributed by atoms with Crippen molar-refractivity contribution >= 4 is 17.5 Å². The van der Waals surface area contributed by atoms with E-state index in [1.165, 1.54) is 0 Å². The van der Waals surface area contributed by atoms with Crippen LogP contribution in [0.4, 0.5) is 0 Å². The van der Waals surface area contributed by atoms with Gasteiger partial charge in [-0.15, -0.1) is 0 Å². The zero-order valence-electron chi connectivity index (χ0n) is 15.5. The molecular weight excluding hydrogens is 354 g/mol. The molecule has 0 fully saturated rings. The second-order valence-corrected chi connectivity index (χ2v) is 7.36. The van der Waals surface area contributed by atoms with E-state index in [2.05, 4.69) is 0 Å². The first-order valence-electron chi connectivity index (χ1n) is 9.56. The smallest absolute Gasteiger partial charge is 0.222 e. The van der Waals surface area contributed by atoms with E-state index in [0.717, 1.165) is 37.7 Å². The topological polar surface area (TPSA) is 70.0 Å². The summed E-state index contributed by atoms with van der Waals surface area (Å²) in [4.78, 5) is 14.1. The number of nitrogens with zero attached hydrogens (tertiary/aromatic N) is 1. The molecule has 2 rings (SSSR count). The maximum atomic E-state index is 12.3. The molecule has 1 aromatic rings. The van der Waals surface area contributed by atoms with E-state index in [0.29, 0.717) is 36.7 Å². The Balaban J connectivity index is 2.08. The number of hydrogen-bond acceptors (Lipinski definition) is 4. The van der Waals surface area contributed by atoms with Crippen molar-refractivity contribution in [2.24, 2.45) is 0 Å². The highest BCUT2D eigenvalue weighted by Gasteiger charge is 2.21. The van der Waals surface area contributed by atoms with E-state index in [4.69, 9.17) is 16.3 Å². The quantitative estimate of drug-likeness (QED) is 0.822. The number of hydrogen-bond donors (Lipinski definition) is 2. The molecule has 0 aromatic heterocycles. The maximum Gasteiger partial charge on any atom is 0.222 e. The molecular formula is C20H30ClNO4. The van der Waals surface area contributed by atoms with Gasteiger partial charge in [0, 0.05) is 24.5 Å². The zero-order valence-corrected chi connectivity index (χ0v) is 16.2. The van der Waals surface area contributed by atoms with Gasteiger partial charge in [0.05, 0.1) is 6.10 Å².